The van der Waals surface area contributed by atoms with Crippen molar-refractivity contribution in [2.45, 2.75) is 0 Å². The van der Waals surface area contributed by atoms with Crippen molar-refractivity contribution in [3.8, 4) is 0 Å². The van der Waals surface area contributed by atoms with Gasteiger partial charge in [-0.2, -0.15) is 0 Å². The number of carbonyl (C=O) groups excluding carboxylic acids is 2. The van der Waals surface area contributed by atoms with E-state index in [0.29, 0.717) is 11.3 Å². The first-order chi connectivity index (χ1) is 10.0. The van der Waals surface area contributed by atoms with Crippen LogP contribution in [0.25, 0.3) is 0 Å². The zero-order chi connectivity index (χ0) is 15.4. The first-order valence-corrected chi connectivity index (χ1v) is 6.06. The lowest BCUT2D eigenvalue weighted by molar-refractivity contribution is 0.0600. The van der Waals surface area contributed by atoms with Gasteiger partial charge >= 0.3 is 5.97 Å². The van der Waals surface area contributed by atoms with Crippen molar-refractivity contribution in [3.05, 3.63) is 59.4 Å². The molecular weight excluding hydrogens is 275 g/mol. The van der Waals surface area contributed by atoms with E-state index in [-0.39, 0.29) is 11.3 Å². The Balaban J connectivity index is 2.12. The molecule has 0 saturated heterocycles. The molecule has 21 heavy (non-hydrogen) atoms. The van der Waals surface area contributed by atoms with Gasteiger partial charge in [-0.05, 0) is 42.5 Å². The van der Waals surface area contributed by atoms with Gasteiger partial charge in [-0.3, -0.25) is 4.79 Å². The summed E-state index contributed by atoms with van der Waals surface area (Å²) < 4.78 is 17.9. The molecule has 0 unspecified atom stereocenters. The molecule has 0 fully saturated rings. The van der Waals surface area contributed by atoms with Gasteiger partial charge in [0.1, 0.15) is 5.82 Å². The van der Waals surface area contributed by atoms with Crippen LogP contribution >= 0.6 is 0 Å². The van der Waals surface area contributed by atoms with Crippen molar-refractivity contribution >= 4 is 23.3 Å². The minimum absolute atomic E-state index is 0.0195. The summed E-state index contributed by atoms with van der Waals surface area (Å²) in [5, 5.41) is 2.59. The van der Waals surface area contributed by atoms with Crippen molar-refractivity contribution in [2.75, 3.05) is 18.2 Å². The number of ether oxygens (including phenoxy) is 1. The molecule has 0 heterocycles. The van der Waals surface area contributed by atoms with Crippen LogP contribution in [0.1, 0.15) is 20.7 Å². The number of benzene rings is 2. The third-order valence-corrected chi connectivity index (χ3v) is 2.83. The lowest BCUT2D eigenvalue weighted by Crippen LogP contribution is -2.12. The summed E-state index contributed by atoms with van der Waals surface area (Å²) in [6.07, 6.45) is 0. The molecule has 2 rings (SSSR count). The van der Waals surface area contributed by atoms with Crippen LogP contribution in [0.5, 0.6) is 0 Å². The molecule has 0 bridgehead atoms. The van der Waals surface area contributed by atoms with E-state index in [4.69, 9.17) is 5.73 Å². The van der Waals surface area contributed by atoms with Crippen LogP contribution in [0, 0.1) is 5.82 Å². The Bertz CT molecular complexity index is 684. The highest BCUT2D eigenvalue weighted by Crippen LogP contribution is 2.15. The number of rotatable bonds is 3. The molecule has 2 aromatic carbocycles. The molecule has 2 aromatic rings. The highest BCUT2D eigenvalue weighted by atomic mass is 19.1. The van der Waals surface area contributed by atoms with Crippen molar-refractivity contribution < 1.29 is 18.7 Å². The Morgan fingerprint density at radius 3 is 2.29 bits per heavy atom. The smallest absolute Gasteiger partial charge is 0.337 e. The predicted octanol–water partition coefficient (Wildman–Crippen LogP) is 2.45. The Hall–Kier alpha value is -2.89. The maximum Gasteiger partial charge on any atom is 0.337 e. The van der Waals surface area contributed by atoms with Gasteiger partial charge in [0, 0.05) is 11.3 Å². The molecule has 108 valence electrons. The molecule has 0 aromatic heterocycles. The monoisotopic (exact) mass is 288 g/mol. The van der Waals surface area contributed by atoms with Crippen molar-refractivity contribution in [1.29, 1.82) is 0 Å². The number of nitrogen functional groups attached to an aromatic ring is 1. The van der Waals surface area contributed by atoms with E-state index in [1.807, 2.05) is 0 Å². The van der Waals surface area contributed by atoms with E-state index in [1.165, 1.54) is 31.4 Å². The van der Waals surface area contributed by atoms with E-state index >= 15 is 0 Å². The molecule has 1 amide bonds. The Morgan fingerprint density at radius 2 is 1.71 bits per heavy atom. The third-order valence-electron chi connectivity index (χ3n) is 2.83. The maximum absolute atomic E-state index is 13.3. The molecule has 0 aliphatic rings. The summed E-state index contributed by atoms with van der Waals surface area (Å²) in [7, 11) is 1.29. The van der Waals surface area contributed by atoms with Crippen LogP contribution < -0.4 is 11.1 Å². The van der Waals surface area contributed by atoms with Crippen LogP contribution in [0.2, 0.25) is 0 Å². The van der Waals surface area contributed by atoms with E-state index in [9.17, 15) is 14.0 Å². The fourth-order valence-electron chi connectivity index (χ4n) is 1.68. The first kappa shape index (κ1) is 14.5. The summed E-state index contributed by atoms with van der Waals surface area (Å²) in [6.45, 7) is 0. The second kappa shape index (κ2) is 6.04. The minimum Gasteiger partial charge on any atom is -0.465 e. The van der Waals surface area contributed by atoms with E-state index < -0.39 is 17.7 Å². The highest BCUT2D eigenvalue weighted by Gasteiger charge is 2.10. The van der Waals surface area contributed by atoms with Crippen LogP contribution in [0.4, 0.5) is 15.8 Å². The number of nitrogens with one attached hydrogen (secondary N) is 1. The van der Waals surface area contributed by atoms with E-state index in [1.54, 1.807) is 12.1 Å². The first-order valence-electron chi connectivity index (χ1n) is 6.06. The summed E-state index contributed by atoms with van der Waals surface area (Å²) in [5.74, 6) is -1.59. The normalized spacial score (nSPS) is 10.0. The molecular formula is C15H13FN2O3. The average molecular weight is 288 g/mol. The molecule has 0 aliphatic carbocycles. The number of anilines is 2. The Kier molecular flexibility index (Phi) is 4.18. The zero-order valence-electron chi connectivity index (χ0n) is 11.2. The number of methoxy groups -OCH3 is 1. The minimum atomic E-state index is -0.649. The predicted molar refractivity (Wildman–Crippen MR) is 76.5 cm³/mol. The lowest BCUT2D eigenvalue weighted by Gasteiger charge is -2.07. The van der Waals surface area contributed by atoms with Gasteiger partial charge in [0.2, 0.25) is 0 Å². The van der Waals surface area contributed by atoms with Crippen molar-refractivity contribution in [1.82, 2.24) is 0 Å². The molecule has 0 saturated carbocycles. The summed E-state index contributed by atoms with van der Waals surface area (Å²) in [4.78, 5) is 23.2. The van der Waals surface area contributed by atoms with Crippen LogP contribution in [0.3, 0.4) is 0 Å². The average Bonchev–Trinajstić information content (AvgIpc) is 2.50. The zero-order valence-corrected chi connectivity index (χ0v) is 11.2. The second-order valence-corrected chi connectivity index (χ2v) is 4.26. The summed E-state index contributed by atoms with van der Waals surface area (Å²) in [6, 6.07) is 9.96. The number of amides is 1. The van der Waals surface area contributed by atoms with Gasteiger partial charge in [0.05, 0.1) is 18.4 Å². The van der Waals surface area contributed by atoms with Crippen LogP contribution in [0.15, 0.2) is 42.5 Å². The number of hydrogen-bond donors (Lipinski definition) is 2. The molecule has 0 spiro atoms. The molecule has 0 aliphatic heterocycles. The van der Waals surface area contributed by atoms with Crippen molar-refractivity contribution in [3.63, 3.8) is 0 Å². The summed E-state index contributed by atoms with van der Waals surface area (Å²) >= 11 is 0. The number of hydrogen-bond acceptors (Lipinski definition) is 4. The fourth-order valence-corrected chi connectivity index (χ4v) is 1.68. The molecule has 3 N–H and O–H groups in total. The molecule has 0 atom stereocenters. The number of nitrogens with two attached hydrogens (primary N) is 1. The number of esters is 1. The summed E-state index contributed by atoms with van der Waals surface area (Å²) in [5.41, 5.74) is 6.33. The van der Waals surface area contributed by atoms with E-state index in [0.717, 1.165) is 6.07 Å². The second-order valence-electron chi connectivity index (χ2n) is 4.26. The number of halogens is 1. The van der Waals surface area contributed by atoms with Crippen LogP contribution in [-0.2, 0) is 4.74 Å². The fraction of sp³-hybridized carbons (Fsp3) is 0.0667. The topological polar surface area (TPSA) is 81.4 Å². The highest BCUT2D eigenvalue weighted by molar-refractivity contribution is 6.04. The van der Waals surface area contributed by atoms with Gasteiger partial charge < -0.3 is 15.8 Å². The molecule has 6 heteroatoms. The maximum atomic E-state index is 13.3. The quantitative estimate of drug-likeness (QED) is 0.671. The standard InChI is InChI=1S/C15H13FN2O3/c1-21-15(20)9-2-5-11(6-3-9)18-14(19)10-4-7-13(17)12(16)8-10/h2-8H,17H2,1H3,(H,18,19). The Morgan fingerprint density at radius 1 is 1.10 bits per heavy atom. The third kappa shape index (κ3) is 3.36. The Labute approximate surface area is 120 Å². The van der Waals surface area contributed by atoms with Gasteiger partial charge in [0.15, 0.2) is 0 Å². The van der Waals surface area contributed by atoms with Gasteiger partial charge in [-0.15, -0.1) is 0 Å². The van der Waals surface area contributed by atoms with Gasteiger partial charge in [-0.1, -0.05) is 0 Å². The number of carbonyl (C=O) groups is 2. The van der Waals surface area contributed by atoms with Crippen LogP contribution in [-0.4, -0.2) is 19.0 Å². The largest absolute Gasteiger partial charge is 0.465 e. The molecule has 0 radical (unpaired) electrons. The SMILES string of the molecule is COC(=O)c1ccc(NC(=O)c2ccc(N)c(F)c2)cc1. The van der Waals surface area contributed by atoms with E-state index in [2.05, 4.69) is 10.1 Å². The van der Waals surface area contributed by atoms with Crippen molar-refractivity contribution in [2.24, 2.45) is 0 Å². The van der Waals surface area contributed by atoms with Gasteiger partial charge in [0.25, 0.3) is 5.91 Å². The molecule has 5 nitrogen and oxygen atoms in total. The lowest BCUT2D eigenvalue weighted by atomic mass is 10.1. The van der Waals surface area contributed by atoms with Gasteiger partial charge in [-0.25, -0.2) is 9.18 Å².